The van der Waals surface area contributed by atoms with Crippen LogP contribution in [-0.2, 0) is 32.6 Å². The van der Waals surface area contributed by atoms with Gasteiger partial charge >= 0.3 is 0 Å². The number of carbonyl (C=O) groups is 2. The fourth-order valence-corrected chi connectivity index (χ4v) is 6.44. The Kier molecular flexibility index (Phi) is 11.4. The molecule has 1 N–H and O–H groups in total. The topological polar surface area (TPSA) is 86.8 Å². The smallest absolute Gasteiger partial charge is 0.264 e. The number of para-hydroxylation sites is 1. The van der Waals surface area contributed by atoms with Crippen LogP contribution in [0.4, 0.5) is 5.69 Å². The minimum absolute atomic E-state index is 0.0182. The Labute approximate surface area is 269 Å². The molecule has 4 rings (SSSR count). The fraction of sp³-hybridized carbons (Fsp3) is 0.235. The summed E-state index contributed by atoms with van der Waals surface area (Å²) in [6.07, 6.45) is 0.928. The molecule has 7 nitrogen and oxygen atoms in total. The summed E-state index contributed by atoms with van der Waals surface area (Å²) in [5, 5.41) is 3.89. The van der Waals surface area contributed by atoms with Crippen LogP contribution in [0.25, 0.3) is 0 Å². The molecule has 0 spiro atoms. The van der Waals surface area contributed by atoms with Crippen molar-refractivity contribution >= 4 is 50.7 Å². The lowest BCUT2D eigenvalue weighted by atomic mass is 10.0. The first-order chi connectivity index (χ1) is 21.1. The molecule has 44 heavy (non-hydrogen) atoms. The molecule has 0 saturated carbocycles. The van der Waals surface area contributed by atoms with Crippen LogP contribution in [0.5, 0.6) is 0 Å². The molecule has 230 valence electrons. The normalized spacial score (nSPS) is 12.6. The first-order valence-corrected chi connectivity index (χ1v) is 16.5. The average Bonchev–Trinajstić information content (AvgIpc) is 3.02. The summed E-state index contributed by atoms with van der Waals surface area (Å²) in [6.45, 7) is 3.35. The molecule has 0 unspecified atom stereocenters. The lowest BCUT2D eigenvalue weighted by molar-refractivity contribution is -0.140. The third-order valence-corrected chi connectivity index (χ3v) is 9.51. The van der Waals surface area contributed by atoms with Crippen LogP contribution in [0.15, 0.2) is 114 Å². The van der Waals surface area contributed by atoms with Gasteiger partial charge in [-0.15, -0.1) is 0 Å². The van der Waals surface area contributed by atoms with E-state index in [4.69, 9.17) is 23.2 Å². The highest BCUT2D eigenvalue weighted by atomic mass is 35.5. The van der Waals surface area contributed by atoms with Gasteiger partial charge in [0.1, 0.15) is 12.6 Å². The monoisotopic (exact) mass is 651 g/mol. The number of hydrogen-bond acceptors (Lipinski definition) is 4. The van der Waals surface area contributed by atoms with E-state index in [-0.39, 0.29) is 29.8 Å². The number of nitrogens with one attached hydrogen (secondary N) is 1. The molecular formula is C34H35Cl2N3O4S. The first kappa shape index (κ1) is 33.1. The number of benzene rings is 4. The average molecular weight is 653 g/mol. The highest BCUT2D eigenvalue weighted by molar-refractivity contribution is 7.92. The van der Waals surface area contributed by atoms with Crippen LogP contribution < -0.4 is 9.62 Å². The van der Waals surface area contributed by atoms with Crippen molar-refractivity contribution in [1.29, 1.82) is 0 Å². The largest absolute Gasteiger partial charge is 0.352 e. The number of rotatable bonds is 13. The Bertz CT molecular complexity index is 1650. The van der Waals surface area contributed by atoms with Crippen molar-refractivity contribution in [3.8, 4) is 0 Å². The summed E-state index contributed by atoms with van der Waals surface area (Å²) in [7, 11) is -4.20. The zero-order valence-corrected chi connectivity index (χ0v) is 26.9. The molecule has 4 aromatic rings. The Hall–Kier alpha value is -3.85. The van der Waals surface area contributed by atoms with Gasteiger partial charge in [0.15, 0.2) is 0 Å². The molecule has 10 heteroatoms. The molecule has 2 amide bonds. The van der Waals surface area contributed by atoms with E-state index in [1.165, 1.54) is 29.2 Å². The van der Waals surface area contributed by atoms with Crippen LogP contribution in [0.2, 0.25) is 10.0 Å². The van der Waals surface area contributed by atoms with Gasteiger partial charge in [0, 0.05) is 29.1 Å². The van der Waals surface area contributed by atoms with E-state index in [9.17, 15) is 18.0 Å². The fourth-order valence-electron chi connectivity index (χ4n) is 4.68. The van der Waals surface area contributed by atoms with E-state index >= 15 is 0 Å². The Morgan fingerprint density at radius 2 is 1.41 bits per heavy atom. The molecule has 0 fully saturated rings. The SMILES string of the molecule is CC[C@@H](C)NC(=O)[C@@H](Cc1ccccc1)N(Cc1cccc(Cl)c1)C(=O)CN(c1ccccc1)S(=O)(=O)c1ccc(Cl)cc1. The number of hydrogen-bond donors (Lipinski definition) is 1. The molecule has 0 saturated heterocycles. The predicted molar refractivity (Wildman–Crippen MR) is 176 cm³/mol. The standard InChI is InChI=1S/C34H35Cl2N3O4S/c1-3-25(2)37-34(41)32(22-26-11-6-4-7-12-26)38(23-27-13-10-14-29(36)21-27)33(40)24-39(30-15-8-5-9-16-30)44(42,43)31-19-17-28(35)18-20-31/h4-21,25,32H,3,22-24H2,1-2H3,(H,37,41)/t25-,32-/m1/s1. The maximum Gasteiger partial charge on any atom is 0.264 e. The number of sulfonamides is 1. The summed E-state index contributed by atoms with van der Waals surface area (Å²) in [5.41, 5.74) is 1.86. The predicted octanol–water partition coefficient (Wildman–Crippen LogP) is 6.74. The van der Waals surface area contributed by atoms with Crippen LogP contribution in [0, 0.1) is 0 Å². The third-order valence-electron chi connectivity index (χ3n) is 7.24. The van der Waals surface area contributed by atoms with Gasteiger partial charge in [-0.1, -0.05) is 90.8 Å². The summed E-state index contributed by atoms with van der Waals surface area (Å²) in [4.78, 5) is 29.7. The molecule has 0 aliphatic carbocycles. The number of nitrogens with zero attached hydrogens (tertiary/aromatic N) is 2. The van der Waals surface area contributed by atoms with Crippen LogP contribution in [0.3, 0.4) is 0 Å². The summed E-state index contributed by atoms with van der Waals surface area (Å²) >= 11 is 12.3. The molecule has 0 aliphatic heterocycles. The van der Waals surface area contributed by atoms with Crippen molar-refractivity contribution in [1.82, 2.24) is 10.2 Å². The molecule has 0 bridgehead atoms. The van der Waals surface area contributed by atoms with Crippen molar-refractivity contribution in [3.05, 3.63) is 130 Å². The van der Waals surface area contributed by atoms with Crippen molar-refractivity contribution in [2.75, 3.05) is 10.8 Å². The van der Waals surface area contributed by atoms with Crippen molar-refractivity contribution in [3.63, 3.8) is 0 Å². The zero-order chi connectivity index (χ0) is 31.7. The molecule has 2 atom stereocenters. The van der Waals surface area contributed by atoms with Gasteiger partial charge in [0.2, 0.25) is 11.8 Å². The van der Waals surface area contributed by atoms with Gasteiger partial charge < -0.3 is 10.2 Å². The number of carbonyl (C=O) groups excluding carboxylic acids is 2. The van der Waals surface area contributed by atoms with E-state index < -0.39 is 28.5 Å². The van der Waals surface area contributed by atoms with Crippen LogP contribution in [-0.4, -0.2) is 43.8 Å². The van der Waals surface area contributed by atoms with E-state index in [2.05, 4.69) is 5.32 Å². The second-order valence-corrected chi connectivity index (χ2v) is 13.2. The molecule has 0 radical (unpaired) electrons. The highest BCUT2D eigenvalue weighted by Crippen LogP contribution is 2.26. The quantitative estimate of drug-likeness (QED) is 0.173. The second kappa shape index (κ2) is 15.2. The minimum atomic E-state index is -4.20. The van der Waals surface area contributed by atoms with Crippen molar-refractivity contribution in [2.24, 2.45) is 0 Å². The van der Waals surface area contributed by atoms with E-state index in [0.717, 1.165) is 9.87 Å². The van der Waals surface area contributed by atoms with Crippen LogP contribution in [0.1, 0.15) is 31.4 Å². The maximum atomic E-state index is 14.4. The molecular weight excluding hydrogens is 617 g/mol. The minimum Gasteiger partial charge on any atom is -0.352 e. The Morgan fingerprint density at radius 3 is 2.02 bits per heavy atom. The molecule has 0 aliphatic rings. The highest BCUT2D eigenvalue weighted by Gasteiger charge is 2.35. The van der Waals surface area contributed by atoms with E-state index in [1.807, 2.05) is 50.2 Å². The molecule has 0 heterocycles. The van der Waals surface area contributed by atoms with Gasteiger partial charge in [0.25, 0.3) is 10.0 Å². The van der Waals surface area contributed by atoms with Gasteiger partial charge in [-0.25, -0.2) is 8.42 Å². The maximum absolute atomic E-state index is 14.4. The number of anilines is 1. The second-order valence-electron chi connectivity index (χ2n) is 10.5. The van der Waals surface area contributed by atoms with Crippen molar-refractivity contribution < 1.29 is 18.0 Å². The van der Waals surface area contributed by atoms with Gasteiger partial charge in [0.05, 0.1) is 10.6 Å². The summed E-state index contributed by atoms with van der Waals surface area (Å²) in [6, 6.07) is 29.6. The van der Waals surface area contributed by atoms with Gasteiger partial charge in [-0.2, -0.15) is 0 Å². The van der Waals surface area contributed by atoms with Gasteiger partial charge in [-0.05, 0) is 73.0 Å². The lowest BCUT2D eigenvalue weighted by Gasteiger charge is -2.34. The summed E-state index contributed by atoms with van der Waals surface area (Å²) in [5.74, 6) is -0.878. The third kappa shape index (κ3) is 8.62. The van der Waals surface area contributed by atoms with E-state index in [1.54, 1.807) is 48.5 Å². The first-order valence-electron chi connectivity index (χ1n) is 14.3. The lowest BCUT2D eigenvalue weighted by Crippen LogP contribution is -2.54. The summed E-state index contributed by atoms with van der Waals surface area (Å²) < 4.78 is 29.1. The Balaban J connectivity index is 1.79. The molecule has 4 aromatic carbocycles. The Morgan fingerprint density at radius 1 is 0.795 bits per heavy atom. The number of amides is 2. The van der Waals surface area contributed by atoms with Crippen molar-refractivity contribution in [2.45, 2.75) is 50.2 Å². The molecule has 0 aromatic heterocycles. The van der Waals surface area contributed by atoms with E-state index in [0.29, 0.717) is 27.7 Å². The van der Waals surface area contributed by atoms with Crippen LogP contribution >= 0.6 is 23.2 Å². The zero-order valence-electron chi connectivity index (χ0n) is 24.6. The number of halogens is 2. The van der Waals surface area contributed by atoms with Gasteiger partial charge in [-0.3, -0.25) is 13.9 Å².